The molecule has 6 heteroatoms. The molecular weight excluding hydrogens is 380 g/mol. The summed E-state index contributed by atoms with van der Waals surface area (Å²) in [6.07, 6.45) is 2.70. The maximum absolute atomic E-state index is 12.7. The van der Waals surface area contributed by atoms with Gasteiger partial charge in [-0.1, -0.05) is 27.7 Å². The number of hydrogen-bond donors (Lipinski definition) is 1. The lowest BCUT2D eigenvalue weighted by atomic mass is 9.79. The standard InChI is InChI=1S/C24H38N2O4/c1-14(2)9-17-13-26-8-7-16-10-21(28-5)22(29-6)11-18(16)19(26)12-20(17)30-24(27)23(25)15(3)4/h10-11,14-15,17,19-20,23H,7-9,12-13,25H2,1-6H3/t17?,19?,20?,23-/m0/s1. The Morgan fingerprint density at radius 1 is 1.17 bits per heavy atom. The van der Waals surface area contributed by atoms with Gasteiger partial charge in [0.25, 0.3) is 0 Å². The topological polar surface area (TPSA) is 74.0 Å². The van der Waals surface area contributed by atoms with Gasteiger partial charge in [0.15, 0.2) is 11.5 Å². The summed E-state index contributed by atoms with van der Waals surface area (Å²) < 4.78 is 17.1. The summed E-state index contributed by atoms with van der Waals surface area (Å²) in [5.41, 5.74) is 8.64. The van der Waals surface area contributed by atoms with E-state index >= 15 is 0 Å². The molecule has 3 unspecified atom stereocenters. The highest BCUT2D eigenvalue weighted by Gasteiger charge is 2.41. The summed E-state index contributed by atoms with van der Waals surface area (Å²) in [6, 6.07) is 3.84. The molecule has 1 aromatic rings. The lowest BCUT2D eigenvalue weighted by Gasteiger charge is -2.47. The highest BCUT2D eigenvalue weighted by Crippen LogP contribution is 2.44. The van der Waals surface area contributed by atoms with E-state index in [-0.39, 0.29) is 24.0 Å². The predicted molar refractivity (Wildman–Crippen MR) is 118 cm³/mol. The van der Waals surface area contributed by atoms with Crippen LogP contribution in [0.1, 0.15) is 57.7 Å². The molecule has 2 N–H and O–H groups in total. The zero-order valence-corrected chi connectivity index (χ0v) is 19.3. The van der Waals surface area contributed by atoms with E-state index in [9.17, 15) is 4.79 Å². The summed E-state index contributed by atoms with van der Waals surface area (Å²) in [5, 5.41) is 0. The van der Waals surface area contributed by atoms with Crippen molar-refractivity contribution in [2.45, 2.75) is 65.1 Å². The Labute approximate surface area is 181 Å². The van der Waals surface area contributed by atoms with Gasteiger partial charge < -0.3 is 19.9 Å². The number of ether oxygens (including phenoxy) is 3. The van der Waals surface area contributed by atoms with Gasteiger partial charge in [0.1, 0.15) is 12.1 Å². The van der Waals surface area contributed by atoms with Crippen LogP contribution in [0.4, 0.5) is 0 Å². The first-order valence-electron chi connectivity index (χ1n) is 11.2. The molecule has 30 heavy (non-hydrogen) atoms. The van der Waals surface area contributed by atoms with Crippen molar-refractivity contribution >= 4 is 5.97 Å². The Hall–Kier alpha value is -1.79. The van der Waals surface area contributed by atoms with Gasteiger partial charge in [-0.25, -0.2) is 0 Å². The van der Waals surface area contributed by atoms with E-state index in [1.54, 1.807) is 14.2 Å². The van der Waals surface area contributed by atoms with Gasteiger partial charge in [-0.15, -0.1) is 0 Å². The Bertz CT molecular complexity index is 749. The fourth-order valence-corrected chi connectivity index (χ4v) is 4.88. The second kappa shape index (κ2) is 9.56. The molecule has 1 saturated heterocycles. The lowest BCUT2D eigenvalue weighted by Crippen LogP contribution is -2.51. The minimum absolute atomic E-state index is 0.0632. The van der Waals surface area contributed by atoms with Gasteiger partial charge in [-0.05, 0) is 47.9 Å². The van der Waals surface area contributed by atoms with Crippen LogP contribution >= 0.6 is 0 Å². The van der Waals surface area contributed by atoms with Crippen LogP contribution in [0.3, 0.4) is 0 Å². The molecule has 0 amide bonds. The predicted octanol–water partition coefficient (Wildman–Crippen LogP) is 3.56. The summed E-state index contributed by atoms with van der Waals surface area (Å²) in [6.45, 7) is 10.3. The fraction of sp³-hybridized carbons (Fsp3) is 0.708. The number of carbonyl (C=O) groups excluding carboxylic acids is 1. The second-order valence-corrected chi connectivity index (χ2v) is 9.54. The van der Waals surface area contributed by atoms with E-state index in [4.69, 9.17) is 19.9 Å². The smallest absolute Gasteiger partial charge is 0.323 e. The Kier molecular flexibility index (Phi) is 7.30. The minimum atomic E-state index is -0.578. The van der Waals surface area contributed by atoms with Crippen LogP contribution in [0.15, 0.2) is 12.1 Å². The maximum Gasteiger partial charge on any atom is 0.323 e. The first-order chi connectivity index (χ1) is 14.2. The average molecular weight is 419 g/mol. The summed E-state index contributed by atoms with van der Waals surface area (Å²) in [7, 11) is 3.34. The number of esters is 1. The van der Waals surface area contributed by atoms with Gasteiger partial charge in [-0.2, -0.15) is 0 Å². The van der Waals surface area contributed by atoms with Crippen molar-refractivity contribution in [1.82, 2.24) is 4.90 Å². The van der Waals surface area contributed by atoms with Gasteiger partial charge in [-0.3, -0.25) is 9.69 Å². The molecule has 1 fully saturated rings. The van der Waals surface area contributed by atoms with E-state index in [2.05, 4.69) is 30.9 Å². The largest absolute Gasteiger partial charge is 0.493 e. The number of carbonyl (C=O) groups is 1. The van der Waals surface area contributed by atoms with Crippen LogP contribution in [-0.2, 0) is 16.0 Å². The molecular formula is C24H38N2O4. The summed E-state index contributed by atoms with van der Waals surface area (Å²) in [4.78, 5) is 15.2. The number of methoxy groups -OCH3 is 2. The summed E-state index contributed by atoms with van der Waals surface area (Å²) in [5.74, 6) is 2.18. The maximum atomic E-state index is 12.7. The van der Waals surface area contributed by atoms with E-state index in [0.717, 1.165) is 43.9 Å². The van der Waals surface area contributed by atoms with Gasteiger partial charge in [0.05, 0.1) is 14.2 Å². The molecule has 4 atom stereocenters. The van der Waals surface area contributed by atoms with Crippen molar-refractivity contribution < 1.29 is 19.0 Å². The molecule has 6 nitrogen and oxygen atoms in total. The van der Waals surface area contributed by atoms with Crippen molar-refractivity contribution in [3.63, 3.8) is 0 Å². The molecule has 2 aliphatic heterocycles. The van der Waals surface area contributed by atoms with Crippen molar-refractivity contribution in [3.05, 3.63) is 23.3 Å². The fourth-order valence-electron chi connectivity index (χ4n) is 4.88. The Morgan fingerprint density at radius 3 is 2.43 bits per heavy atom. The minimum Gasteiger partial charge on any atom is -0.493 e. The number of hydrogen-bond acceptors (Lipinski definition) is 6. The van der Waals surface area contributed by atoms with Crippen molar-refractivity contribution in [2.75, 3.05) is 27.3 Å². The quantitative estimate of drug-likeness (QED) is 0.683. The number of piperidine rings is 1. The molecule has 0 aromatic heterocycles. The zero-order valence-electron chi connectivity index (χ0n) is 19.3. The molecule has 2 heterocycles. The molecule has 2 aliphatic rings. The highest BCUT2D eigenvalue weighted by molar-refractivity contribution is 5.76. The average Bonchev–Trinajstić information content (AvgIpc) is 2.71. The van der Waals surface area contributed by atoms with Crippen molar-refractivity contribution in [3.8, 4) is 11.5 Å². The molecule has 1 aromatic carbocycles. The first kappa shape index (κ1) is 22.9. The third kappa shape index (κ3) is 4.75. The highest BCUT2D eigenvalue weighted by atomic mass is 16.5. The van der Waals surface area contributed by atoms with Gasteiger partial charge >= 0.3 is 5.97 Å². The van der Waals surface area contributed by atoms with E-state index < -0.39 is 6.04 Å². The van der Waals surface area contributed by atoms with Gasteiger partial charge in [0, 0.05) is 31.5 Å². The molecule has 0 spiro atoms. The van der Waals surface area contributed by atoms with E-state index in [1.165, 1.54) is 11.1 Å². The monoisotopic (exact) mass is 418 g/mol. The SMILES string of the molecule is COc1cc2c(cc1OC)C1CC(OC(=O)[C@@H](N)C(C)C)C(CC(C)C)CN1CC2. The number of benzene rings is 1. The summed E-state index contributed by atoms with van der Waals surface area (Å²) >= 11 is 0. The molecule has 0 aliphatic carbocycles. The van der Waals surface area contributed by atoms with Crippen molar-refractivity contribution in [1.29, 1.82) is 0 Å². The van der Waals surface area contributed by atoms with Crippen LogP contribution in [0, 0.1) is 17.8 Å². The second-order valence-electron chi connectivity index (χ2n) is 9.54. The zero-order chi connectivity index (χ0) is 22.0. The van der Waals surface area contributed by atoms with E-state index in [0.29, 0.717) is 11.8 Å². The third-order valence-electron chi connectivity index (χ3n) is 6.60. The van der Waals surface area contributed by atoms with Crippen molar-refractivity contribution in [2.24, 2.45) is 23.5 Å². The third-order valence-corrected chi connectivity index (χ3v) is 6.60. The number of rotatable bonds is 7. The molecule has 0 bridgehead atoms. The van der Waals surface area contributed by atoms with E-state index in [1.807, 2.05) is 13.8 Å². The number of nitrogens with zero attached hydrogens (tertiary/aromatic N) is 1. The lowest BCUT2D eigenvalue weighted by molar-refractivity contribution is -0.160. The molecule has 0 saturated carbocycles. The van der Waals surface area contributed by atoms with Gasteiger partial charge in [0.2, 0.25) is 0 Å². The molecule has 3 rings (SSSR count). The molecule has 0 radical (unpaired) electrons. The van der Waals surface area contributed by atoms with Crippen LogP contribution in [0.2, 0.25) is 0 Å². The molecule has 168 valence electrons. The van der Waals surface area contributed by atoms with Crippen LogP contribution in [0.25, 0.3) is 0 Å². The van der Waals surface area contributed by atoms with Crippen LogP contribution in [-0.4, -0.2) is 50.3 Å². The number of nitrogens with two attached hydrogens (primary N) is 1. The Balaban J connectivity index is 1.88. The van der Waals surface area contributed by atoms with Crippen LogP contribution in [0.5, 0.6) is 11.5 Å². The van der Waals surface area contributed by atoms with Crippen LogP contribution < -0.4 is 15.2 Å². The normalized spacial score (nSPS) is 24.9. The number of fused-ring (bicyclic) bond motifs is 3. The first-order valence-corrected chi connectivity index (χ1v) is 11.2. The Morgan fingerprint density at radius 2 is 1.83 bits per heavy atom.